The molecule has 0 amide bonds. The molecule has 0 aliphatic carbocycles. The molecule has 1 N–H and O–H groups in total. The number of rotatable bonds is 3. The molecule has 8 heteroatoms. The third kappa shape index (κ3) is 3.29. The van der Waals surface area contributed by atoms with Crippen LogP contribution in [0.15, 0.2) is 23.0 Å². The fourth-order valence-corrected chi connectivity index (χ4v) is 3.59. The van der Waals surface area contributed by atoms with Gasteiger partial charge in [0.25, 0.3) is 5.56 Å². The molecule has 0 saturated carbocycles. The Labute approximate surface area is 151 Å². The molecule has 0 unspecified atom stereocenters. The number of carbonyl (C=O) groups excluding carboxylic acids is 1. The summed E-state index contributed by atoms with van der Waals surface area (Å²) >= 11 is 7.07. The number of H-pyrrole nitrogens is 1. The predicted molar refractivity (Wildman–Crippen MR) is 95.0 cm³/mol. The highest BCUT2D eigenvalue weighted by Crippen LogP contribution is 2.27. The average Bonchev–Trinajstić information content (AvgIpc) is 2.82. The minimum absolute atomic E-state index is 0.182. The van der Waals surface area contributed by atoms with Crippen LogP contribution in [0, 0.1) is 19.7 Å². The lowest BCUT2D eigenvalue weighted by atomic mass is 10.2. The molecule has 130 valence electrons. The van der Waals surface area contributed by atoms with E-state index in [9.17, 15) is 14.0 Å². The van der Waals surface area contributed by atoms with Crippen LogP contribution in [-0.2, 0) is 4.74 Å². The Hall–Kier alpha value is -2.25. The molecular weight excluding hydrogens is 367 g/mol. The summed E-state index contributed by atoms with van der Waals surface area (Å²) in [5, 5.41) is 0.718. The molecule has 0 saturated heterocycles. The Balaban J connectivity index is 1.90. The normalized spacial score (nSPS) is 12.4. The van der Waals surface area contributed by atoms with Gasteiger partial charge < -0.3 is 9.72 Å². The van der Waals surface area contributed by atoms with Crippen LogP contribution in [0.2, 0.25) is 5.02 Å². The molecule has 0 aliphatic rings. The lowest BCUT2D eigenvalue weighted by Gasteiger charge is -2.13. The van der Waals surface area contributed by atoms with E-state index < -0.39 is 17.9 Å². The molecule has 5 nitrogen and oxygen atoms in total. The topological polar surface area (TPSA) is 72.0 Å². The van der Waals surface area contributed by atoms with Crippen LogP contribution in [0.5, 0.6) is 0 Å². The molecule has 3 rings (SSSR count). The van der Waals surface area contributed by atoms with E-state index in [2.05, 4.69) is 9.97 Å². The van der Waals surface area contributed by atoms with Gasteiger partial charge in [0, 0.05) is 9.90 Å². The number of nitrogens with one attached hydrogen (secondary N) is 1. The van der Waals surface area contributed by atoms with Gasteiger partial charge in [-0.15, -0.1) is 11.3 Å². The summed E-state index contributed by atoms with van der Waals surface area (Å²) in [4.78, 5) is 33.0. The number of esters is 1. The molecule has 2 aromatic heterocycles. The average molecular weight is 381 g/mol. The van der Waals surface area contributed by atoms with Crippen LogP contribution in [0.1, 0.15) is 39.7 Å². The maximum Gasteiger partial charge on any atom is 0.341 e. The van der Waals surface area contributed by atoms with Crippen molar-refractivity contribution in [3.63, 3.8) is 0 Å². The summed E-state index contributed by atoms with van der Waals surface area (Å²) in [6, 6.07) is 3.68. The van der Waals surface area contributed by atoms with E-state index in [1.807, 2.05) is 13.8 Å². The molecule has 1 atom stereocenters. The van der Waals surface area contributed by atoms with Crippen LogP contribution in [-0.4, -0.2) is 15.9 Å². The second kappa shape index (κ2) is 6.57. The van der Waals surface area contributed by atoms with Crippen molar-refractivity contribution in [1.29, 1.82) is 0 Å². The first-order valence-electron chi connectivity index (χ1n) is 7.44. The molecule has 2 heterocycles. The quantitative estimate of drug-likeness (QED) is 0.687. The second-order valence-corrected chi connectivity index (χ2v) is 7.23. The number of aromatic nitrogens is 2. The van der Waals surface area contributed by atoms with Crippen molar-refractivity contribution >= 4 is 39.1 Å². The number of ether oxygens (including phenoxy) is 1. The van der Waals surface area contributed by atoms with Crippen molar-refractivity contribution in [3.05, 3.63) is 61.2 Å². The van der Waals surface area contributed by atoms with Gasteiger partial charge in [0.1, 0.15) is 10.6 Å². The minimum atomic E-state index is -0.858. The molecule has 0 fully saturated rings. The zero-order valence-electron chi connectivity index (χ0n) is 13.6. The first kappa shape index (κ1) is 17.6. The SMILES string of the molecule is Cc1sc2nc([C@H](C)OC(=O)c3ccc(Cl)cc3F)[nH]c(=O)c2c1C. The number of halogens is 2. The van der Waals surface area contributed by atoms with E-state index >= 15 is 0 Å². The van der Waals surface area contributed by atoms with Crippen LogP contribution < -0.4 is 5.56 Å². The lowest BCUT2D eigenvalue weighted by Crippen LogP contribution is -2.17. The number of hydrogen-bond acceptors (Lipinski definition) is 5. The second-order valence-electron chi connectivity index (χ2n) is 5.59. The molecular formula is C17H14ClFN2O3S. The van der Waals surface area contributed by atoms with Crippen molar-refractivity contribution in [3.8, 4) is 0 Å². The maximum absolute atomic E-state index is 13.8. The van der Waals surface area contributed by atoms with Gasteiger partial charge in [0.2, 0.25) is 0 Å². The van der Waals surface area contributed by atoms with E-state index in [0.717, 1.165) is 16.5 Å². The number of aromatic amines is 1. The Kier molecular flexibility index (Phi) is 4.62. The highest BCUT2D eigenvalue weighted by Gasteiger charge is 2.21. The Morgan fingerprint density at radius 3 is 2.80 bits per heavy atom. The molecule has 0 spiro atoms. The summed E-state index contributed by atoms with van der Waals surface area (Å²) in [6.45, 7) is 5.33. The van der Waals surface area contributed by atoms with Crippen molar-refractivity contribution < 1.29 is 13.9 Å². The van der Waals surface area contributed by atoms with Crippen LogP contribution in [0.4, 0.5) is 4.39 Å². The molecule has 0 bridgehead atoms. The molecule has 1 aromatic carbocycles. The van der Waals surface area contributed by atoms with Gasteiger partial charge in [-0.2, -0.15) is 0 Å². The highest BCUT2D eigenvalue weighted by atomic mass is 35.5. The van der Waals surface area contributed by atoms with Gasteiger partial charge in [0.15, 0.2) is 11.9 Å². The fourth-order valence-electron chi connectivity index (χ4n) is 2.40. The highest BCUT2D eigenvalue weighted by molar-refractivity contribution is 7.18. The monoisotopic (exact) mass is 380 g/mol. The Bertz CT molecular complexity index is 1040. The van der Waals surface area contributed by atoms with E-state index in [1.165, 1.54) is 23.5 Å². The van der Waals surface area contributed by atoms with Gasteiger partial charge in [-0.3, -0.25) is 4.79 Å². The fraction of sp³-hybridized carbons (Fsp3) is 0.235. The van der Waals surface area contributed by atoms with Gasteiger partial charge in [0.05, 0.1) is 10.9 Å². The van der Waals surface area contributed by atoms with Gasteiger partial charge in [-0.1, -0.05) is 11.6 Å². The smallest absolute Gasteiger partial charge is 0.341 e. The number of nitrogens with zero attached hydrogens (tertiary/aromatic N) is 1. The third-order valence-corrected chi connectivity index (χ3v) is 5.21. The lowest BCUT2D eigenvalue weighted by molar-refractivity contribution is 0.0315. The van der Waals surface area contributed by atoms with Gasteiger partial charge in [-0.05, 0) is 44.5 Å². The number of hydrogen-bond donors (Lipinski definition) is 1. The van der Waals surface area contributed by atoms with E-state index in [4.69, 9.17) is 16.3 Å². The predicted octanol–water partition coefficient (Wildman–Crippen LogP) is 4.31. The summed E-state index contributed by atoms with van der Waals surface area (Å²) < 4.78 is 19.1. The number of fused-ring (bicyclic) bond motifs is 1. The van der Waals surface area contributed by atoms with Crippen LogP contribution in [0.3, 0.4) is 0 Å². The number of benzene rings is 1. The molecule has 3 aromatic rings. The van der Waals surface area contributed by atoms with Crippen molar-refractivity contribution in [2.24, 2.45) is 0 Å². The minimum Gasteiger partial charge on any atom is -0.451 e. The van der Waals surface area contributed by atoms with Gasteiger partial charge >= 0.3 is 5.97 Å². The Morgan fingerprint density at radius 1 is 1.40 bits per heavy atom. The maximum atomic E-state index is 13.8. The summed E-state index contributed by atoms with van der Waals surface area (Å²) in [7, 11) is 0. The van der Waals surface area contributed by atoms with E-state index in [0.29, 0.717) is 10.2 Å². The standard InChI is InChI=1S/C17H14ClFN2O3S/c1-7-9(3)25-16-13(7)15(22)20-14(21-16)8(2)24-17(23)11-5-4-10(18)6-12(11)19/h4-6,8H,1-3H3,(H,20,21,22)/t8-/m0/s1. The zero-order chi connectivity index (χ0) is 18.3. The summed E-state index contributed by atoms with van der Waals surface area (Å²) in [5.41, 5.74) is 0.359. The van der Waals surface area contributed by atoms with Crippen LogP contribution in [0.25, 0.3) is 10.2 Å². The van der Waals surface area contributed by atoms with E-state index in [-0.39, 0.29) is 22.0 Å². The van der Waals surface area contributed by atoms with Crippen molar-refractivity contribution in [2.45, 2.75) is 26.9 Å². The largest absolute Gasteiger partial charge is 0.451 e. The third-order valence-electron chi connectivity index (χ3n) is 3.88. The van der Waals surface area contributed by atoms with Crippen molar-refractivity contribution in [2.75, 3.05) is 0 Å². The van der Waals surface area contributed by atoms with Crippen molar-refractivity contribution in [1.82, 2.24) is 9.97 Å². The molecule has 0 radical (unpaired) electrons. The Morgan fingerprint density at radius 2 is 2.12 bits per heavy atom. The van der Waals surface area contributed by atoms with Crippen LogP contribution >= 0.6 is 22.9 Å². The first-order valence-corrected chi connectivity index (χ1v) is 8.63. The number of carbonyl (C=O) groups is 1. The first-order chi connectivity index (χ1) is 11.8. The van der Waals surface area contributed by atoms with E-state index in [1.54, 1.807) is 6.92 Å². The number of aryl methyl sites for hydroxylation is 2. The number of thiophene rings is 1. The zero-order valence-corrected chi connectivity index (χ0v) is 15.2. The summed E-state index contributed by atoms with van der Waals surface area (Å²) in [5.74, 6) is -1.42. The molecule has 25 heavy (non-hydrogen) atoms. The van der Waals surface area contributed by atoms with Gasteiger partial charge in [-0.25, -0.2) is 14.2 Å². The summed E-state index contributed by atoms with van der Waals surface area (Å²) in [6.07, 6.45) is -0.845. The molecule has 0 aliphatic heterocycles.